The summed E-state index contributed by atoms with van der Waals surface area (Å²) < 4.78 is 0. The number of aromatic carboxylic acids is 1. The molecule has 2 aromatic carbocycles. The molecule has 3 heterocycles. The van der Waals surface area contributed by atoms with E-state index in [1.165, 1.54) is 0 Å². The minimum atomic E-state index is -1.08. The second-order valence-corrected chi connectivity index (χ2v) is 6.72. The van der Waals surface area contributed by atoms with Gasteiger partial charge in [-0.05, 0) is 30.3 Å². The van der Waals surface area contributed by atoms with Gasteiger partial charge in [-0.1, -0.05) is 41.9 Å². The first-order valence-corrected chi connectivity index (χ1v) is 8.69. The van der Waals surface area contributed by atoms with Crippen LogP contribution in [0.4, 0.5) is 0 Å². The van der Waals surface area contributed by atoms with Crippen molar-refractivity contribution in [3.63, 3.8) is 0 Å². The molecular formula is C21H12ClN3O2. The Morgan fingerprint density at radius 3 is 2.63 bits per heavy atom. The van der Waals surface area contributed by atoms with E-state index >= 15 is 0 Å². The predicted octanol–water partition coefficient (Wildman–Crippen LogP) is 5.28. The molecule has 27 heavy (non-hydrogen) atoms. The van der Waals surface area contributed by atoms with Crippen LogP contribution in [0.1, 0.15) is 10.5 Å². The second-order valence-electron chi connectivity index (χ2n) is 6.29. The fraction of sp³-hybridized carbons (Fsp3) is 0. The molecule has 0 aliphatic carbocycles. The summed E-state index contributed by atoms with van der Waals surface area (Å²) in [6.45, 7) is 0. The minimum Gasteiger partial charge on any atom is -0.477 e. The molecule has 0 amide bonds. The van der Waals surface area contributed by atoms with Crippen molar-refractivity contribution in [2.75, 3.05) is 0 Å². The number of carbonyl (C=O) groups is 1. The number of halogens is 1. The highest BCUT2D eigenvalue weighted by Gasteiger charge is 2.17. The van der Waals surface area contributed by atoms with Crippen molar-refractivity contribution in [1.82, 2.24) is 15.0 Å². The molecule has 0 saturated carbocycles. The molecule has 0 saturated heterocycles. The number of H-pyrrole nitrogens is 1. The topological polar surface area (TPSA) is 78.9 Å². The third-order valence-electron chi connectivity index (χ3n) is 4.61. The average molecular weight is 374 g/mol. The van der Waals surface area contributed by atoms with E-state index in [4.69, 9.17) is 11.6 Å². The molecule has 5 nitrogen and oxygen atoms in total. The summed E-state index contributed by atoms with van der Waals surface area (Å²) in [7, 11) is 0. The Bertz CT molecular complexity index is 1370. The average Bonchev–Trinajstić information content (AvgIpc) is 3.05. The van der Waals surface area contributed by atoms with Gasteiger partial charge in [-0.25, -0.2) is 14.8 Å². The fourth-order valence-corrected chi connectivity index (χ4v) is 3.53. The van der Waals surface area contributed by atoms with Gasteiger partial charge in [0.15, 0.2) is 0 Å². The van der Waals surface area contributed by atoms with Crippen molar-refractivity contribution < 1.29 is 9.90 Å². The maximum absolute atomic E-state index is 11.6. The first-order chi connectivity index (χ1) is 13.1. The molecule has 3 aromatic heterocycles. The van der Waals surface area contributed by atoms with Gasteiger partial charge >= 0.3 is 5.97 Å². The van der Waals surface area contributed by atoms with Gasteiger partial charge in [0, 0.05) is 26.7 Å². The van der Waals surface area contributed by atoms with Crippen LogP contribution < -0.4 is 0 Å². The van der Waals surface area contributed by atoms with Crippen LogP contribution in [-0.2, 0) is 0 Å². The fourth-order valence-electron chi connectivity index (χ4n) is 3.36. The van der Waals surface area contributed by atoms with E-state index in [0.717, 1.165) is 32.7 Å². The third kappa shape index (κ3) is 2.52. The molecule has 0 spiro atoms. The highest BCUT2D eigenvalue weighted by Crippen LogP contribution is 2.32. The molecule has 6 heteroatoms. The number of fused-ring (bicyclic) bond motifs is 4. The SMILES string of the molecule is O=C(O)c1cc2c([nH]c3ccccc32)c(-c2ccc3ccc(Cl)cc3n2)n1. The summed E-state index contributed by atoms with van der Waals surface area (Å²) in [5, 5.41) is 12.8. The summed E-state index contributed by atoms with van der Waals surface area (Å²) in [5.74, 6) is -1.08. The molecule has 0 aliphatic rings. The largest absolute Gasteiger partial charge is 0.477 e. The van der Waals surface area contributed by atoms with Crippen LogP contribution >= 0.6 is 11.6 Å². The molecule has 2 N–H and O–H groups in total. The third-order valence-corrected chi connectivity index (χ3v) is 4.85. The van der Waals surface area contributed by atoms with Gasteiger partial charge in [0.1, 0.15) is 11.4 Å². The number of nitrogens with one attached hydrogen (secondary N) is 1. The van der Waals surface area contributed by atoms with Crippen molar-refractivity contribution in [1.29, 1.82) is 0 Å². The van der Waals surface area contributed by atoms with Crippen molar-refractivity contribution in [3.8, 4) is 11.4 Å². The molecular weight excluding hydrogens is 362 g/mol. The highest BCUT2D eigenvalue weighted by molar-refractivity contribution is 6.31. The van der Waals surface area contributed by atoms with Gasteiger partial charge in [-0.2, -0.15) is 0 Å². The summed E-state index contributed by atoms with van der Waals surface area (Å²) >= 11 is 6.09. The van der Waals surface area contributed by atoms with Gasteiger partial charge in [0.05, 0.1) is 16.7 Å². The van der Waals surface area contributed by atoms with Crippen LogP contribution in [0.25, 0.3) is 44.1 Å². The van der Waals surface area contributed by atoms with E-state index in [1.807, 2.05) is 48.5 Å². The zero-order chi connectivity index (χ0) is 18.5. The summed E-state index contributed by atoms with van der Waals surface area (Å²) in [4.78, 5) is 24.0. The highest BCUT2D eigenvalue weighted by atomic mass is 35.5. The number of para-hydroxylation sites is 1. The number of nitrogens with zero attached hydrogens (tertiary/aromatic N) is 2. The van der Waals surface area contributed by atoms with E-state index in [9.17, 15) is 9.90 Å². The van der Waals surface area contributed by atoms with E-state index in [0.29, 0.717) is 16.4 Å². The number of aromatic nitrogens is 3. The molecule has 130 valence electrons. The molecule has 0 bridgehead atoms. The van der Waals surface area contributed by atoms with E-state index in [2.05, 4.69) is 15.0 Å². The number of carboxylic acid groups (broad SMARTS) is 1. The van der Waals surface area contributed by atoms with Gasteiger partial charge in [0.25, 0.3) is 0 Å². The zero-order valence-electron chi connectivity index (χ0n) is 13.9. The molecule has 0 atom stereocenters. The summed E-state index contributed by atoms with van der Waals surface area (Å²) in [5.41, 5.74) is 3.48. The van der Waals surface area contributed by atoms with Crippen molar-refractivity contribution in [2.45, 2.75) is 0 Å². The lowest BCUT2D eigenvalue weighted by molar-refractivity contribution is 0.0691. The number of rotatable bonds is 2. The van der Waals surface area contributed by atoms with E-state index < -0.39 is 5.97 Å². The Balaban J connectivity index is 1.87. The lowest BCUT2D eigenvalue weighted by atomic mass is 10.1. The summed E-state index contributed by atoms with van der Waals surface area (Å²) in [6.07, 6.45) is 0. The Kier molecular flexibility index (Phi) is 3.39. The van der Waals surface area contributed by atoms with Gasteiger partial charge < -0.3 is 10.1 Å². The van der Waals surface area contributed by atoms with Crippen LogP contribution in [0.3, 0.4) is 0 Å². The Labute approximate surface area is 158 Å². The standard InChI is InChI=1S/C21H12ClN3O2/c22-12-7-5-11-6-8-16(23-17(11)9-12)20-19-14(10-18(25-20)21(26)27)13-3-1-2-4-15(13)24-19/h1-10,24H,(H,26,27). The number of hydrogen-bond donors (Lipinski definition) is 2. The number of benzene rings is 2. The van der Waals surface area contributed by atoms with Crippen LogP contribution in [0.5, 0.6) is 0 Å². The first-order valence-electron chi connectivity index (χ1n) is 8.31. The number of aromatic amines is 1. The van der Waals surface area contributed by atoms with Crippen molar-refractivity contribution in [3.05, 3.63) is 71.4 Å². The minimum absolute atomic E-state index is 0.0183. The van der Waals surface area contributed by atoms with Crippen LogP contribution in [0, 0.1) is 0 Å². The van der Waals surface area contributed by atoms with Gasteiger partial charge in [0.2, 0.25) is 0 Å². The first kappa shape index (κ1) is 15.8. The molecule has 0 fully saturated rings. The van der Waals surface area contributed by atoms with E-state index in [1.54, 1.807) is 12.1 Å². The molecule has 0 unspecified atom stereocenters. The maximum atomic E-state index is 11.6. The Morgan fingerprint density at radius 1 is 0.963 bits per heavy atom. The lowest BCUT2D eigenvalue weighted by Crippen LogP contribution is -2.02. The van der Waals surface area contributed by atoms with Gasteiger partial charge in [-0.15, -0.1) is 0 Å². The Hall–Kier alpha value is -3.44. The quantitative estimate of drug-likeness (QED) is 0.441. The second kappa shape index (κ2) is 5.79. The number of carboxylic acids is 1. The van der Waals surface area contributed by atoms with Crippen LogP contribution in [-0.4, -0.2) is 26.0 Å². The van der Waals surface area contributed by atoms with Gasteiger partial charge in [-0.3, -0.25) is 0 Å². The zero-order valence-corrected chi connectivity index (χ0v) is 14.7. The van der Waals surface area contributed by atoms with Crippen molar-refractivity contribution >= 4 is 50.3 Å². The van der Waals surface area contributed by atoms with Crippen LogP contribution in [0.2, 0.25) is 5.02 Å². The monoisotopic (exact) mass is 373 g/mol. The number of hydrogen-bond acceptors (Lipinski definition) is 3. The number of pyridine rings is 2. The maximum Gasteiger partial charge on any atom is 0.354 e. The normalized spacial score (nSPS) is 11.4. The lowest BCUT2D eigenvalue weighted by Gasteiger charge is -2.06. The van der Waals surface area contributed by atoms with Crippen molar-refractivity contribution in [2.24, 2.45) is 0 Å². The Morgan fingerprint density at radius 2 is 1.78 bits per heavy atom. The molecule has 0 radical (unpaired) electrons. The summed E-state index contributed by atoms with van der Waals surface area (Å²) in [6, 6.07) is 18.6. The molecule has 0 aliphatic heterocycles. The van der Waals surface area contributed by atoms with Crippen LogP contribution in [0.15, 0.2) is 60.7 Å². The molecule has 5 aromatic rings. The smallest absolute Gasteiger partial charge is 0.354 e. The van der Waals surface area contributed by atoms with E-state index in [-0.39, 0.29) is 5.69 Å². The molecule has 5 rings (SSSR count). The predicted molar refractivity (Wildman–Crippen MR) is 106 cm³/mol.